The largest absolute Gasteiger partial charge is 0.462 e. The third kappa shape index (κ3) is 4.24. The van der Waals surface area contributed by atoms with Gasteiger partial charge in [-0.25, -0.2) is 4.79 Å². The third-order valence-corrected chi connectivity index (χ3v) is 4.50. The number of rotatable bonds is 5. The van der Waals surface area contributed by atoms with E-state index in [-0.39, 0.29) is 27.8 Å². The van der Waals surface area contributed by atoms with Crippen LogP contribution in [0.1, 0.15) is 22.8 Å². The quantitative estimate of drug-likeness (QED) is 0.606. The molecule has 0 atom stereocenters. The van der Waals surface area contributed by atoms with Crippen molar-refractivity contribution in [3.63, 3.8) is 0 Å². The molecule has 2 aromatic carbocycles. The fourth-order valence-corrected chi connectivity index (χ4v) is 2.95. The second-order valence-electron chi connectivity index (χ2n) is 4.72. The molecule has 23 heavy (non-hydrogen) atoms. The zero-order valence-electron chi connectivity index (χ0n) is 12.6. The summed E-state index contributed by atoms with van der Waals surface area (Å²) in [5.41, 5.74) is 1.08. The summed E-state index contributed by atoms with van der Waals surface area (Å²) >= 11 is 5.94. The highest BCUT2D eigenvalue weighted by molar-refractivity contribution is 7.87. The van der Waals surface area contributed by atoms with Crippen LogP contribution in [0.25, 0.3) is 0 Å². The van der Waals surface area contributed by atoms with Gasteiger partial charge >= 0.3 is 16.1 Å². The number of carbonyl (C=O) groups excluding carboxylic acids is 1. The molecule has 0 bridgehead atoms. The lowest BCUT2D eigenvalue weighted by Gasteiger charge is -2.09. The lowest BCUT2D eigenvalue weighted by molar-refractivity contribution is 0.0526. The number of hydrogen-bond acceptors (Lipinski definition) is 5. The van der Waals surface area contributed by atoms with E-state index in [0.29, 0.717) is 0 Å². The number of hydrogen-bond donors (Lipinski definition) is 0. The van der Waals surface area contributed by atoms with Crippen molar-refractivity contribution >= 4 is 27.7 Å². The van der Waals surface area contributed by atoms with E-state index >= 15 is 0 Å². The summed E-state index contributed by atoms with van der Waals surface area (Å²) in [5, 5.41) is 0.197. The van der Waals surface area contributed by atoms with Gasteiger partial charge < -0.3 is 8.92 Å². The molecule has 0 amide bonds. The summed E-state index contributed by atoms with van der Waals surface area (Å²) < 4.78 is 34.5. The summed E-state index contributed by atoms with van der Waals surface area (Å²) in [4.78, 5) is 11.5. The van der Waals surface area contributed by atoms with Crippen LogP contribution < -0.4 is 4.18 Å². The molecule has 0 heterocycles. The Morgan fingerprint density at radius 1 is 1.13 bits per heavy atom. The number of benzene rings is 2. The van der Waals surface area contributed by atoms with E-state index in [9.17, 15) is 13.2 Å². The van der Waals surface area contributed by atoms with E-state index in [2.05, 4.69) is 0 Å². The molecular formula is C16H15ClO5S. The minimum Gasteiger partial charge on any atom is -0.462 e. The Morgan fingerprint density at radius 3 is 2.39 bits per heavy atom. The first-order chi connectivity index (χ1) is 10.8. The monoisotopic (exact) mass is 354 g/mol. The van der Waals surface area contributed by atoms with Crippen molar-refractivity contribution < 1.29 is 22.1 Å². The van der Waals surface area contributed by atoms with Crippen molar-refractivity contribution in [2.24, 2.45) is 0 Å². The van der Waals surface area contributed by atoms with Crippen molar-refractivity contribution in [2.45, 2.75) is 18.7 Å². The van der Waals surface area contributed by atoms with Crippen LogP contribution in [0.4, 0.5) is 0 Å². The van der Waals surface area contributed by atoms with Crippen LogP contribution in [0.15, 0.2) is 47.4 Å². The number of carbonyl (C=O) groups is 1. The van der Waals surface area contributed by atoms with Gasteiger partial charge in [0, 0.05) is 0 Å². The minimum absolute atomic E-state index is 0.0566. The molecular weight excluding hydrogens is 340 g/mol. The molecule has 0 N–H and O–H groups in total. The van der Waals surface area contributed by atoms with Crippen LogP contribution in [0.2, 0.25) is 5.02 Å². The van der Waals surface area contributed by atoms with Crippen LogP contribution in [0.5, 0.6) is 5.75 Å². The van der Waals surface area contributed by atoms with Gasteiger partial charge in [0.15, 0.2) is 5.75 Å². The van der Waals surface area contributed by atoms with Crippen molar-refractivity contribution in [2.75, 3.05) is 6.61 Å². The molecule has 0 spiro atoms. The van der Waals surface area contributed by atoms with E-state index in [0.717, 1.165) is 5.56 Å². The lowest BCUT2D eigenvalue weighted by Crippen LogP contribution is -2.11. The molecule has 0 aliphatic carbocycles. The average Bonchev–Trinajstić information content (AvgIpc) is 2.51. The molecule has 0 saturated carbocycles. The Hall–Kier alpha value is -2.05. The average molecular weight is 355 g/mol. The van der Waals surface area contributed by atoms with E-state index in [4.69, 9.17) is 20.5 Å². The molecule has 2 rings (SSSR count). The highest BCUT2D eigenvalue weighted by Crippen LogP contribution is 2.28. The van der Waals surface area contributed by atoms with Gasteiger partial charge in [0.2, 0.25) is 0 Å². The van der Waals surface area contributed by atoms with Crippen LogP contribution in [-0.2, 0) is 14.9 Å². The van der Waals surface area contributed by atoms with Gasteiger partial charge in [-0.1, -0.05) is 17.7 Å². The van der Waals surface area contributed by atoms with Crippen molar-refractivity contribution in [1.29, 1.82) is 0 Å². The molecule has 0 fully saturated rings. The van der Waals surface area contributed by atoms with Gasteiger partial charge in [0.05, 0.1) is 17.2 Å². The third-order valence-electron chi connectivity index (χ3n) is 2.94. The normalized spacial score (nSPS) is 11.1. The first-order valence-corrected chi connectivity index (χ1v) is 8.60. The maximum absolute atomic E-state index is 12.3. The fourth-order valence-electron chi connectivity index (χ4n) is 1.81. The summed E-state index contributed by atoms with van der Waals surface area (Å²) in [7, 11) is -4.04. The van der Waals surface area contributed by atoms with Crippen molar-refractivity contribution in [3.05, 3.63) is 58.6 Å². The van der Waals surface area contributed by atoms with Gasteiger partial charge in [-0.2, -0.15) is 8.42 Å². The van der Waals surface area contributed by atoms with Crippen molar-refractivity contribution in [3.8, 4) is 5.75 Å². The van der Waals surface area contributed by atoms with Crippen LogP contribution in [0, 0.1) is 6.92 Å². The van der Waals surface area contributed by atoms with E-state index in [1.807, 2.05) is 0 Å². The molecule has 7 heteroatoms. The highest BCUT2D eigenvalue weighted by atomic mass is 35.5. The second kappa shape index (κ2) is 7.02. The van der Waals surface area contributed by atoms with Gasteiger partial charge in [0.1, 0.15) is 4.90 Å². The molecule has 122 valence electrons. The Balaban J connectivity index is 2.26. The first kappa shape index (κ1) is 17.3. The number of aryl methyl sites for hydroxylation is 1. The fraction of sp³-hybridized carbons (Fsp3) is 0.188. The summed E-state index contributed by atoms with van der Waals surface area (Å²) in [6, 6.07) is 10.1. The van der Waals surface area contributed by atoms with Gasteiger partial charge in [-0.05, 0) is 55.8 Å². The molecule has 0 unspecified atom stereocenters. The Labute approximate surface area is 139 Å². The standard InChI is InChI=1S/C16H15ClO5S/c1-3-21-16(18)12-5-7-13(8-6-12)23(19,20)22-15-10-11(2)4-9-14(15)17/h4-10H,3H2,1-2H3. The zero-order chi connectivity index (χ0) is 17.0. The molecule has 5 nitrogen and oxygen atoms in total. The van der Waals surface area contributed by atoms with Crippen LogP contribution in [-0.4, -0.2) is 21.0 Å². The maximum atomic E-state index is 12.3. The summed E-state index contributed by atoms with van der Waals surface area (Å²) in [6.45, 7) is 3.73. The minimum atomic E-state index is -4.04. The van der Waals surface area contributed by atoms with Crippen molar-refractivity contribution in [1.82, 2.24) is 0 Å². The SMILES string of the molecule is CCOC(=O)c1ccc(S(=O)(=O)Oc2cc(C)ccc2Cl)cc1. The summed E-state index contributed by atoms with van der Waals surface area (Å²) in [5.74, 6) is -0.458. The van der Waals surface area contributed by atoms with Gasteiger partial charge in [-0.15, -0.1) is 0 Å². The predicted octanol–water partition coefficient (Wildman–Crippen LogP) is 3.59. The maximum Gasteiger partial charge on any atom is 0.339 e. The molecule has 0 aromatic heterocycles. The molecule has 0 aliphatic heterocycles. The lowest BCUT2D eigenvalue weighted by atomic mass is 10.2. The number of esters is 1. The predicted molar refractivity (Wildman–Crippen MR) is 86.4 cm³/mol. The zero-order valence-corrected chi connectivity index (χ0v) is 14.1. The van der Waals surface area contributed by atoms with E-state index in [1.54, 1.807) is 26.0 Å². The topological polar surface area (TPSA) is 69.7 Å². The van der Waals surface area contributed by atoms with Crippen LogP contribution >= 0.6 is 11.6 Å². The van der Waals surface area contributed by atoms with E-state index in [1.165, 1.54) is 30.3 Å². The first-order valence-electron chi connectivity index (χ1n) is 6.81. The Bertz CT molecular complexity index is 813. The number of ether oxygens (including phenoxy) is 1. The molecule has 0 saturated heterocycles. The second-order valence-corrected chi connectivity index (χ2v) is 6.67. The molecule has 0 aliphatic rings. The Morgan fingerprint density at radius 2 is 1.78 bits per heavy atom. The smallest absolute Gasteiger partial charge is 0.339 e. The summed E-state index contributed by atoms with van der Waals surface area (Å²) in [6.07, 6.45) is 0. The van der Waals surface area contributed by atoms with E-state index < -0.39 is 16.1 Å². The molecule has 0 radical (unpaired) electrons. The Kier molecular flexibility index (Phi) is 5.28. The van der Waals surface area contributed by atoms with Gasteiger partial charge in [-0.3, -0.25) is 0 Å². The molecule has 2 aromatic rings. The highest BCUT2D eigenvalue weighted by Gasteiger charge is 2.19. The van der Waals surface area contributed by atoms with Crippen LogP contribution in [0.3, 0.4) is 0 Å². The number of halogens is 1. The van der Waals surface area contributed by atoms with Gasteiger partial charge in [0.25, 0.3) is 0 Å².